The molecule has 3 aromatic heterocycles. The highest BCUT2D eigenvalue weighted by Crippen LogP contribution is 2.22. The molecule has 3 rings (SSSR count). The van der Waals surface area contributed by atoms with E-state index in [9.17, 15) is 0 Å². The van der Waals surface area contributed by atoms with E-state index in [0.717, 1.165) is 18.8 Å². The lowest BCUT2D eigenvalue weighted by Gasteiger charge is -2.07. The Kier molecular flexibility index (Phi) is 3.20. The van der Waals surface area contributed by atoms with Crippen LogP contribution in [0.15, 0.2) is 24.9 Å². The first-order valence-electron chi connectivity index (χ1n) is 6.37. The third-order valence-electron chi connectivity index (χ3n) is 2.67. The van der Waals surface area contributed by atoms with Crippen LogP contribution in [0, 0.1) is 0 Å². The van der Waals surface area contributed by atoms with Gasteiger partial charge in [-0.1, -0.05) is 6.92 Å². The average molecular weight is 273 g/mol. The number of nitrogens with zero attached hydrogens (tertiary/aromatic N) is 6. The van der Waals surface area contributed by atoms with Crippen LogP contribution in [0.4, 0.5) is 5.82 Å². The molecule has 0 aliphatic heterocycles. The molecule has 0 saturated carbocycles. The van der Waals surface area contributed by atoms with Crippen molar-refractivity contribution in [1.29, 1.82) is 0 Å². The highest BCUT2D eigenvalue weighted by molar-refractivity contribution is 5.54. The van der Waals surface area contributed by atoms with Gasteiger partial charge in [0.25, 0.3) is 5.88 Å². The van der Waals surface area contributed by atoms with Crippen molar-refractivity contribution in [2.24, 2.45) is 7.05 Å². The number of aryl methyl sites for hydroxylation is 1. The number of rotatable bonds is 5. The van der Waals surface area contributed by atoms with E-state index >= 15 is 0 Å². The van der Waals surface area contributed by atoms with Crippen molar-refractivity contribution in [3.63, 3.8) is 0 Å². The molecule has 0 unspecified atom stereocenters. The van der Waals surface area contributed by atoms with Gasteiger partial charge in [0.1, 0.15) is 12.1 Å². The van der Waals surface area contributed by atoms with Gasteiger partial charge in [0.15, 0.2) is 0 Å². The molecule has 0 aliphatic rings. The molecule has 20 heavy (non-hydrogen) atoms. The molecule has 1 N–H and O–H groups in total. The molecule has 0 radical (unpaired) electrons. The molecule has 3 heterocycles. The number of hydrogen-bond acceptors (Lipinski definition) is 6. The number of imidazole rings is 1. The van der Waals surface area contributed by atoms with Gasteiger partial charge in [0.05, 0.1) is 6.20 Å². The number of aromatic nitrogens is 6. The van der Waals surface area contributed by atoms with Crippen LogP contribution in [0.3, 0.4) is 0 Å². The smallest absolute Gasteiger partial charge is 0.342 e. The summed E-state index contributed by atoms with van der Waals surface area (Å²) in [7, 11) is 1.78. The van der Waals surface area contributed by atoms with Gasteiger partial charge < -0.3 is 10.1 Å². The lowest BCUT2D eigenvalue weighted by molar-refractivity contribution is 0.425. The molecule has 0 fully saturated rings. The summed E-state index contributed by atoms with van der Waals surface area (Å²) in [6.45, 7) is 2.94. The first kappa shape index (κ1) is 12.4. The lowest BCUT2D eigenvalue weighted by atomic mass is 10.5. The zero-order chi connectivity index (χ0) is 13.9. The molecule has 0 amide bonds. The minimum absolute atomic E-state index is 0.248. The standard InChI is InChI=1S/C12H15N7O/c1-3-4-13-9-7-19-6-5-14-10(19)11(16-9)20-12-15-8-18(2)17-12/h5-8,13H,3-4H2,1-2H3. The second kappa shape index (κ2) is 5.16. The van der Waals surface area contributed by atoms with E-state index in [-0.39, 0.29) is 6.01 Å². The van der Waals surface area contributed by atoms with Gasteiger partial charge in [0, 0.05) is 26.0 Å². The summed E-state index contributed by atoms with van der Waals surface area (Å²) in [5.74, 6) is 1.10. The Morgan fingerprint density at radius 1 is 1.35 bits per heavy atom. The van der Waals surface area contributed by atoms with Gasteiger partial charge in [-0.2, -0.15) is 9.97 Å². The SMILES string of the molecule is CCCNc1cn2ccnc2c(Oc2ncn(C)n2)n1. The van der Waals surface area contributed by atoms with E-state index in [1.165, 1.54) is 0 Å². The summed E-state index contributed by atoms with van der Waals surface area (Å²) in [5, 5.41) is 7.30. The molecule has 8 heteroatoms. The maximum absolute atomic E-state index is 5.61. The van der Waals surface area contributed by atoms with Crippen molar-refractivity contribution in [2.75, 3.05) is 11.9 Å². The van der Waals surface area contributed by atoms with E-state index in [1.807, 2.05) is 16.8 Å². The van der Waals surface area contributed by atoms with E-state index in [4.69, 9.17) is 4.74 Å². The van der Waals surface area contributed by atoms with Crippen molar-refractivity contribution < 1.29 is 4.74 Å². The molecule has 0 aliphatic carbocycles. The molecule has 3 aromatic rings. The van der Waals surface area contributed by atoms with Gasteiger partial charge in [-0.25, -0.2) is 4.98 Å². The van der Waals surface area contributed by atoms with Crippen LogP contribution in [-0.2, 0) is 7.05 Å². The van der Waals surface area contributed by atoms with E-state index in [0.29, 0.717) is 11.5 Å². The Morgan fingerprint density at radius 3 is 3.00 bits per heavy atom. The average Bonchev–Trinajstić information content (AvgIpc) is 3.05. The molecule has 0 aromatic carbocycles. The third kappa shape index (κ3) is 2.40. The molecular formula is C12H15N7O. The van der Waals surface area contributed by atoms with E-state index in [1.54, 1.807) is 24.3 Å². The van der Waals surface area contributed by atoms with Crippen LogP contribution >= 0.6 is 0 Å². The number of ether oxygens (including phenoxy) is 1. The second-order valence-corrected chi connectivity index (χ2v) is 4.32. The van der Waals surface area contributed by atoms with Crippen molar-refractivity contribution in [1.82, 2.24) is 29.1 Å². The summed E-state index contributed by atoms with van der Waals surface area (Å²) in [4.78, 5) is 12.7. The van der Waals surface area contributed by atoms with Crippen LogP contribution in [0.5, 0.6) is 11.9 Å². The van der Waals surface area contributed by atoms with Crippen LogP contribution in [0.2, 0.25) is 0 Å². The molecule has 0 bridgehead atoms. The summed E-state index contributed by atoms with van der Waals surface area (Å²) >= 11 is 0. The van der Waals surface area contributed by atoms with Gasteiger partial charge in [-0.05, 0) is 6.42 Å². The molecule has 0 saturated heterocycles. The zero-order valence-electron chi connectivity index (χ0n) is 11.3. The van der Waals surface area contributed by atoms with Crippen molar-refractivity contribution in [3.8, 4) is 11.9 Å². The topological polar surface area (TPSA) is 82.2 Å². The fourth-order valence-electron chi connectivity index (χ4n) is 1.76. The van der Waals surface area contributed by atoms with Gasteiger partial charge in [0.2, 0.25) is 5.65 Å². The number of nitrogens with one attached hydrogen (secondary N) is 1. The fourth-order valence-corrected chi connectivity index (χ4v) is 1.76. The maximum Gasteiger partial charge on any atom is 0.342 e. The van der Waals surface area contributed by atoms with Crippen molar-refractivity contribution >= 4 is 11.5 Å². The van der Waals surface area contributed by atoms with E-state index < -0.39 is 0 Å². The van der Waals surface area contributed by atoms with Crippen LogP contribution < -0.4 is 10.1 Å². The first-order valence-corrected chi connectivity index (χ1v) is 6.37. The quantitative estimate of drug-likeness (QED) is 0.758. The molecule has 0 spiro atoms. The predicted molar refractivity (Wildman–Crippen MR) is 72.8 cm³/mol. The summed E-state index contributed by atoms with van der Waals surface area (Å²) in [6, 6.07) is 0.248. The monoisotopic (exact) mass is 273 g/mol. The van der Waals surface area contributed by atoms with Gasteiger partial charge in [-0.3, -0.25) is 9.08 Å². The fraction of sp³-hybridized carbons (Fsp3) is 0.333. The summed E-state index contributed by atoms with van der Waals surface area (Å²) in [6.07, 6.45) is 7.99. The normalized spacial score (nSPS) is 10.9. The molecule has 0 atom stereocenters. The Bertz CT molecular complexity index is 717. The van der Waals surface area contributed by atoms with E-state index in [2.05, 4.69) is 32.3 Å². The van der Waals surface area contributed by atoms with Gasteiger partial charge >= 0.3 is 6.01 Å². The number of fused-ring (bicyclic) bond motifs is 1. The van der Waals surface area contributed by atoms with Crippen molar-refractivity contribution in [2.45, 2.75) is 13.3 Å². The Morgan fingerprint density at radius 2 is 2.25 bits per heavy atom. The molecule has 104 valence electrons. The minimum atomic E-state index is 0.248. The molecule has 8 nitrogen and oxygen atoms in total. The Hall–Kier alpha value is -2.64. The largest absolute Gasteiger partial charge is 0.400 e. The summed E-state index contributed by atoms with van der Waals surface area (Å²) < 4.78 is 9.03. The third-order valence-corrected chi connectivity index (χ3v) is 2.67. The first-order chi connectivity index (χ1) is 9.76. The minimum Gasteiger partial charge on any atom is -0.400 e. The van der Waals surface area contributed by atoms with Gasteiger partial charge in [-0.15, -0.1) is 5.10 Å². The predicted octanol–water partition coefficient (Wildman–Crippen LogP) is 1.47. The zero-order valence-corrected chi connectivity index (χ0v) is 11.3. The Balaban J connectivity index is 1.96. The van der Waals surface area contributed by atoms with Crippen LogP contribution in [0.25, 0.3) is 5.65 Å². The highest BCUT2D eigenvalue weighted by atomic mass is 16.5. The number of anilines is 1. The number of hydrogen-bond donors (Lipinski definition) is 1. The lowest BCUT2D eigenvalue weighted by Crippen LogP contribution is -2.05. The highest BCUT2D eigenvalue weighted by Gasteiger charge is 2.11. The summed E-state index contributed by atoms with van der Waals surface area (Å²) in [5.41, 5.74) is 0.625. The van der Waals surface area contributed by atoms with Crippen molar-refractivity contribution in [3.05, 3.63) is 24.9 Å². The van der Waals surface area contributed by atoms with Crippen LogP contribution in [0.1, 0.15) is 13.3 Å². The Labute approximate surface area is 115 Å². The molecular weight excluding hydrogens is 258 g/mol. The second-order valence-electron chi connectivity index (χ2n) is 4.32. The maximum atomic E-state index is 5.61. The van der Waals surface area contributed by atoms with Crippen LogP contribution in [-0.4, -0.2) is 35.7 Å².